The van der Waals surface area contributed by atoms with Gasteiger partial charge in [0.1, 0.15) is 6.07 Å². The van der Waals surface area contributed by atoms with Gasteiger partial charge in [-0.15, -0.1) is 0 Å². The van der Waals surface area contributed by atoms with E-state index in [0.29, 0.717) is 11.1 Å². The van der Waals surface area contributed by atoms with Gasteiger partial charge >= 0.3 is 5.97 Å². The fraction of sp³-hybridized carbons (Fsp3) is 0.0909. The van der Waals surface area contributed by atoms with Gasteiger partial charge in [0.2, 0.25) is 0 Å². The van der Waals surface area contributed by atoms with Gasteiger partial charge in [-0.1, -0.05) is 18.2 Å². The normalized spacial score (nSPS) is 9.87. The van der Waals surface area contributed by atoms with E-state index in [4.69, 9.17) is 10.1 Å². The van der Waals surface area contributed by atoms with Crippen molar-refractivity contribution >= 4 is 16.9 Å². The number of hydrogen-bond donors (Lipinski definition) is 0. The van der Waals surface area contributed by atoms with E-state index in [2.05, 4.69) is 6.07 Å². The number of para-hydroxylation sites is 1. The van der Waals surface area contributed by atoms with Crippen LogP contribution in [-0.4, -0.2) is 10.7 Å². The van der Waals surface area contributed by atoms with Gasteiger partial charge in [0.05, 0.1) is 17.3 Å². The second-order valence-electron chi connectivity index (χ2n) is 3.08. The number of fused-ring (bicyclic) bond motifs is 1. The predicted molar refractivity (Wildman–Crippen MR) is 53.9 cm³/mol. The number of hydrogen-bond acceptors (Lipinski definition) is 3. The van der Waals surface area contributed by atoms with Gasteiger partial charge in [-0.05, 0) is 6.07 Å². The van der Waals surface area contributed by atoms with E-state index in [1.807, 2.05) is 18.2 Å². The number of rotatable bonds is 1. The molecule has 0 unspecified atom stereocenters. The molecule has 0 aliphatic rings. The molecule has 74 valence electrons. The molecule has 0 radical (unpaired) electrons. The maximum atomic E-state index is 10.8. The summed E-state index contributed by atoms with van der Waals surface area (Å²) in [5, 5.41) is 9.66. The highest BCUT2D eigenvalue weighted by Crippen LogP contribution is 2.19. The molecule has 2 aromatic rings. The van der Waals surface area contributed by atoms with E-state index in [1.165, 1.54) is 17.9 Å². The smallest absolute Gasteiger partial charge is 0.329 e. The maximum absolute atomic E-state index is 10.8. The van der Waals surface area contributed by atoms with Gasteiger partial charge in [-0.3, -0.25) is 0 Å². The average Bonchev–Trinajstić information content (AvgIpc) is 2.56. The Bertz CT molecular complexity index is 563. The number of nitrogens with zero attached hydrogens (tertiary/aromatic N) is 2. The Morgan fingerprint density at radius 1 is 1.47 bits per heavy atom. The minimum Gasteiger partial charge on any atom is -0.337 e. The monoisotopic (exact) mass is 200 g/mol. The third-order valence-corrected chi connectivity index (χ3v) is 2.03. The fourth-order valence-electron chi connectivity index (χ4n) is 1.45. The number of nitriles is 1. The molecule has 15 heavy (non-hydrogen) atoms. The lowest BCUT2D eigenvalue weighted by Crippen LogP contribution is -2.14. The topological polar surface area (TPSA) is 55.0 Å². The van der Waals surface area contributed by atoms with Gasteiger partial charge in [0.15, 0.2) is 0 Å². The Morgan fingerprint density at radius 2 is 2.20 bits per heavy atom. The highest BCUT2D eigenvalue weighted by Gasteiger charge is 2.08. The number of benzene rings is 1. The highest BCUT2D eigenvalue weighted by atomic mass is 16.7. The predicted octanol–water partition coefficient (Wildman–Crippen LogP) is 1.49. The van der Waals surface area contributed by atoms with Gasteiger partial charge in [0, 0.05) is 12.3 Å². The minimum atomic E-state index is -0.416. The second-order valence-corrected chi connectivity index (χ2v) is 3.08. The lowest BCUT2D eigenvalue weighted by atomic mass is 10.2. The molecule has 1 aromatic carbocycles. The molecule has 0 atom stereocenters. The lowest BCUT2D eigenvalue weighted by Gasteiger charge is -2.01. The number of aromatic nitrogens is 1. The van der Waals surface area contributed by atoms with Crippen molar-refractivity contribution in [2.24, 2.45) is 0 Å². The van der Waals surface area contributed by atoms with Crippen LogP contribution in [0.3, 0.4) is 0 Å². The molecule has 1 heterocycles. The summed E-state index contributed by atoms with van der Waals surface area (Å²) in [6, 6.07) is 9.31. The second kappa shape index (κ2) is 3.46. The molecule has 0 amide bonds. The van der Waals surface area contributed by atoms with E-state index < -0.39 is 5.97 Å². The highest BCUT2D eigenvalue weighted by molar-refractivity contribution is 5.86. The lowest BCUT2D eigenvalue weighted by molar-refractivity contribution is -0.140. The van der Waals surface area contributed by atoms with Crippen LogP contribution >= 0.6 is 0 Å². The molecule has 0 fully saturated rings. The largest absolute Gasteiger partial charge is 0.337 e. The van der Waals surface area contributed by atoms with Gasteiger partial charge < -0.3 is 4.84 Å². The summed E-state index contributed by atoms with van der Waals surface area (Å²) in [5.41, 5.74) is 1.20. The maximum Gasteiger partial charge on any atom is 0.329 e. The summed E-state index contributed by atoms with van der Waals surface area (Å²) in [5.74, 6) is -0.416. The molecular formula is C11H8N2O2. The molecule has 0 bridgehead atoms. The first-order valence-electron chi connectivity index (χ1n) is 4.41. The van der Waals surface area contributed by atoms with Crippen LogP contribution in [0.4, 0.5) is 0 Å². The van der Waals surface area contributed by atoms with Gasteiger partial charge in [-0.2, -0.15) is 9.99 Å². The van der Waals surface area contributed by atoms with Gasteiger partial charge in [-0.25, -0.2) is 4.79 Å². The molecule has 1 aromatic heterocycles. The summed E-state index contributed by atoms with van der Waals surface area (Å²) in [4.78, 5) is 15.8. The zero-order chi connectivity index (χ0) is 10.8. The summed E-state index contributed by atoms with van der Waals surface area (Å²) in [7, 11) is 0. The molecule has 0 saturated carbocycles. The van der Waals surface area contributed by atoms with Crippen LogP contribution in [0.15, 0.2) is 30.5 Å². The molecule has 0 aliphatic carbocycles. The number of carbonyl (C=O) groups is 1. The van der Waals surface area contributed by atoms with Crippen LogP contribution in [0, 0.1) is 11.3 Å². The Labute approximate surface area is 86.2 Å². The fourth-order valence-corrected chi connectivity index (χ4v) is 1.45. The summed E-state index contributed by atoms with van der Waals surface area (Å²) < 4.78 is 1.32. The summed E-state index contributed by atoms with van der Waals surface area (Å²) in [6.07, 6.45) is 1.51. The van der Waals surface area contributed by atoms with Crippen molar-refractivity contribution in [3.63, 3.8) is 0 Å². The van der Waals surface area contributed by atoms with Crippen LogP contribution in [-0.2, 0) is 4.79 Å². The third kappa shape index (κ3) is 1.55. The van der Waals surface area contributed by atoms with Crippen molar-refractivity contribution in [3.05, 3.63) is 36.0 Å². The van der Waals surface area contributed by atoms with Crippen LogP contribution in [0.1, 0.15) is 12.5 Å². The standard InChI is InChI=1S/C11H8N2O2/c1-8(14)15-13-7-9(6-12)10-4-2-3-5-11(10)13/h2-5,7H,1H3. The van der Waals surface area contributed by atoms with Crippen LogP contribution < -0.4 is 4.84 Å². The van der Waals surface area contributed by atoms with Crippen LogP contribution in [0.2, 0.25) is 0 Å². The first kappa shape index (κ1) is 9.28. The van der Waals surface area contributed by atoms with Crippen LogP contribution in [0.25, 0.3) is 10.9 Å². The molecule has 4 nitrogen and oxygen atoms in total. The SMILES string of the molecule is CC(=O)On1cc(C#N)c2ccccc21. The minimum absolute atomic E-state index is 0.416. The Hall–Kier alpha value is -2.28. The third-order valence-electron chi connectivity index (χ3n) is 2.03. The molecule has 4 heteroatoms. The summed E-state index contributed by atoms with van der Waals surface area (Å²) in [6.45, 7) is 1.32. The molecule has 0 spiro atoms. The molecule has 0 N–H and O–H groups in total. The van der Waals surface area contributed by atoms with Crippen molar-refractivity contribution in [2.45, 2.75) is 6.92 Å². The van der Waals surface area contributed by atoms with Crippen molar-refractivity contribution < 1.29 is 9.63 Å². The molecular weight excluding hydrogens is 192 g/mol. The Kier molecular flexibility index (Phi) is 2.14. The zero-order valence-electron chi connectivity index (χ0n) is 8.10. The number of carbonyl (C=O) groups excluding carboxylic acids is 1. The van der Waals surface area contributed by atoms with Crippen molar-refractivity contribution in [1.29, 1.82) is 5.26 Å². The van der Waals surface area contributed by atoms with E-state index in [0.717, 1.165) is 5.39 Å². The molecule has 0 saturated heterocycles. The van der Waals surface area contributed by atoms with Crippen molar-refractivity contribution in [3.8, 4) is 6.07 Å². The Balaban J connectivity index is 2.66. The summed E-state index contributed by atoms with van der Waals surface area (Å²) >= 11 is 0. The van der Waals surface area contributed by atoms with E-state index in [1.54, 1.807) is 6.07 Å². The van der Waals surface area contributed by atoms with E-state index in [-0.39, 0.29) is 0 Å². The molecule has 0 aliphatic heterocycles. The Morgan fingerprint density at radius 3 is 2.87 bits per heavy atom. The first-order chi connectivity index (χ1) is 7.22. The van der Waals surface area contributed by atoms with Gasteiger partial charge in [0.25, 0.3) is 0 Å². The zero-order valence-corrected chi connectivity index (χ0v) is 8.10. The molecule has 2 rings (SSSR count). The van der Waals surface area contributed by atoms with Crippen molar-refractivity contribution in [2.75, 3.05) is 0 Å². The van der Waals surface area contributed by atoms with E-state index in [9.17, 15) is 4.79 Å². The van der Waals surface area contributed by atoms with Crippen molar-refractivity contribution in [1.82, 2.24) is 4.73 Å². The quantitative estimate of drug-likeness (QED) is 0.700. The average molecular weight is 200 g/mol. The van der Waals surface area contributed by atoms with E-state index >= 15 is 0 Å². The van der Waals surface area contributed by atoms with Crippen LogP contribution in [0.5, 0.6) is 0 Å². The first-order valence-corrected chi connectivity index (χ1v) is 4.41.